The van der Waals surface area contributed by atoms with E-state index in [4.69, 9.17) is 9.84 Å². The van der Waals surface area contributed by atoms with Crippen molar-refractivity contribution in [3.05, 3.63) is 23.9 Å². The summed E-state index contributed by atoms with van der Waals surface area (Å²) in [6.07, 6.45) is 2.36. The fourth-order valence-corrected chi connectivity index (χ4v) is 1.34. The highest BCUT2D eigenvalue weighted by atomic mass is 16.5. The van der Waals surface area contributed by atoms with Crippen LogP contribution in [0.15, 0.2) is 18.3 Å². The van der Waals surface area contributed by atoms with Crippen molar-refractivity contribution in [2.24, 2.45) is 5.92 Å². The van der Waals surface area contributed by atoms with E-state index >= 15 is 0 Å². The molecule has 0 fully saturated rings. The summed E-state index contributed by atoms with van der Waals surface area (Å²) in [4.78, 5) is 26.6. The molecule has 0 spiro atoms. The molecule has 0 saturated carbocycles. The summed E-state index contributed by atoms with van der Waals surface area (Å²) in [7, 11) is 0. The quantitative estimate of drug-likeness (QED) is 0.793. The van der Waals surface area contributed by atoms with Gasteiger partial charge in [-0.25, -0.2) is 4.98 Å². The number of carbonyl (C=O) groups is 2. The summed E-state index contributed by atoms with van der Waals surface area (Å²) in [5.41, 5.74) is 0.399. The molecule has 2 N–H and O–H groups in total. The molecular formula is C14H20N2O4. The molecule has 110 valence electrons. The Kier molecular flexibility index (Phi) is 5.96. The van der Waals surface area contributed by atoms with Gasteiger partial charge in [0, 0.05) is 24.4 Å². The summed E-state index contributed by atoms with van der Waals surface area (Å²) in [6.45, 7) is 5.53. The Labute approximate surface area is 118 Å². The lowest BCUT2D eigenvalue weighted by atomic mass is 10.2. The highest BCUT2D eigenvalue weighted by Crippen LogP contribution is 2.12. The largest absolute Gasteiger partial charge is 0.481 e. The van der Waals surface area contributed by atoms with Crippen molar-refractivity contribution in [3.8, 4) is 5.88 Å². The van der Waals surface area contributed by atoms with Gasteiger partial charge in [0.25, 0.3) is 5.91 Å². The molecule has 6 nitrogen and oxygen atoms in total. The van der Waals surface area contributed by atoms with Crippen LogP contribution in [-0.4, -0.2) is 34.6 Å². The lowest BCUT2D eigenvalue weighted by molar-refractivity contribution is -0.140. The smallest absolute Gasteiger partial charge is 0.308 e. The zero-order chi connectivity index (χ0) is 15.1. The van der Waals surface area contributed by atoms with E-state index in [1.165, 1.54) is 13.1 Å². The molecule has 0 saturated heterocycles. The van der Waals surface area contributed by atoms with E-state index in [2.05, 4.69) is 10.3 Å². The van der Waals surface area contributed by atoms with Crippen LogP contribution in [0.25, 0.3) is 0 Å². The third-order valence-electron chi connectivity index (χ3n) is 2.88. The van der Waals surface area contributed by atoms with Crippen molar-refractivity contribution >= 4 is 11.9 Å². The van der Waals surface area contributed by atoms with Crippen molar-refractivity contribution in [1.29, 1.82) is 0 Å². The standard InChI is InChI=1S/C14H20N2O4/c1-4-10(3)20-12-7-11(5-6-15-12)13(17)16-8-9(2)14(18)19/h5-7,9-10H,4,8H2,1-3H3,(H,16,17)(H,18,19). The minimum absolute atomic E-state index is 0.0212. The molecule has 6 heteroatoms. The Bertz CT molecular complexity index is 476. The second kappa shape index (κ2) is 7.47. The zero-order valence-corrected chi connectivity index (χ0v) is 11.9. The second-order valence-electron chi connectivity index (χ2n) is 4.67. The van der Waals surface area contributed by atoms with Crippen molar-refractivity contribution in [2.75, 3.05) is 6.54 Å². The number of pyridine rings is 1. The Morgan fingerprint density at radius 3 is 2.75 bits per heavy atom. The van der Waals surface area contributed by atoms with E-state index < -0.39 is 11.9 Å². The second-order valence-corrected chi connectivity index (χ2v) is 4.67. The average Bonchev–Trinajstić information content (AvgIpc) is 2.44. The predicted molar refractivity (Wildman–Crippen MR) is 73.8 cm³/mol. The molecule has 0 aliphatic rings. The Morgan fingerprint density at radius 1 is 1.45 bits per heavy atom. The minimum atomic E-state index is -0.944. The maximum absolute atomic E-state index is 11.9. The van der Waals surface area contributed by atoms with E-state index in [9.17, 15) is 9.59 Å². The topological polar surface area (TPSA) is 88.5 Å². The van der Waals surface area contributed by atoms with Gasteiger partial charge in [0.2, 0.25) is 5.88 Å². The highest BCUT2D eigenvalue weighted by molar-refractivity contribution is 5.94. The van der Waals surface area contributed by atoms with Gasteiger partial charge in [-0.3, -0.25) is 9.59 Å². The van der Waals surface area contributed by atoms with Crippen LogP contribution < -0.4 is 10.1 Å². The molecule has 2 atom stereocenters. The van der Waals surface area contributed by atoms with Crippen LogP contribution in [0.4, 0.5) is 0 Å². The number of carbonyl (C=O) groups excluding carboxylic acids is 1. The Morgan fingerprint density at radius 2 is 2.15 bits per heavy atom. The molecule has 1 aromatic rings. The maximum Gasteiger partial charge on any atom is 0.308 e. The summed E-state index contributed by atoms with van der Waals surface area (Å²) < 4.78 is 5.53. The summed E-state index contributed by atoms with van der Waals surface area (Å²) >= 11 is 0. The van der Waals surface area contributed by atoms with Gasteiger partial charge in [-0.15, -0.1) is 0 Å². The molecule has 20 heavy (non-hydrogen) atoms. The van der Waals surface area contributed by atoms with Crippen LogP contribution in [0.3, 0.4) is 0 Å². The van der Waals surface area contributed by atoms with Gasteiger partial charge in [-0.1, -0.05) is 13.8 Å². The Balaban J connectivity index is 2.64. The molecule has 0 aliphatic carbocycles. The number of nitrogens with zero attached hydrogens (tertiary/aromatic N) is 1. The first-order valence-electron chi connectivity index (χ1n) is 6.57. The number of hydrogen-bond donors (Lipinski definition) is 2. The lowest BCUT2D eigenvalue weighted by Crippen LogP contribution is -2.31. The molecular weight excluding hydrogens is 260 g/mol. The molecule has 0 aromatic carbocycles. The first-order chi connectivity index (χ1) is 9.43. The highest BCUT2D eigenvalue weighted by Gasteiger charge is 2.14. The van der Waals surface area contributed by atoms with E-state index in [0.29, 0.717) is 11.4 Å². The third kappa shape index (κ3) is 4.87. The maximum atomic E-state index is 11.9. The van der Waals surface area contributed by atoms with Gasteiger partial charge >= 0.3 is 5.97 Å². The van der Waals surface area contributed by atoms with Gasteiger partial charge in [0.15, 0.2) is 0 Å². The van der Waals surface area contributed by atoms with E-state index in [1.54, 1.807) is 12.1 Å². The Hall–Kier alpha value is -2.11. The van der Waals surface area contributed by atoms with Gasteiger partial charge in [-0.2, -0.15) is 0 Å². The normalized spacial score (nSPS) is 13.3. The molecule has 1 heterocycles. The van der Waals surface area contributed by atoms with Gasteiger partial charge in [0.05, 0.1) is 12.0 Å². The molecule has 1 rings (SSSR count). The van der Waals surface area contributed by atoms with Gasteiger partial charge in [-0.05, 0) is 19.4 Å². The number of carboxylic acids is 1. The van der Waals surface area contributed by atoms with Crippen molar-refractivity contribution in [1.82, 2.24) is 10.3 Å². The van der Waals surface area contributed by atoms with Crippen LogP contribution in [0, 0.1) is 5.92 Å². The third-order valence-corrected chi connectivity index (χ3v) is 2.88. The fourth-order valence-electron chi connectivity index (χ4n) is 1.34. The van der Waals surface area contributed by atoms with E-state index in [-0.39, 0.29) is 18.6 Å². The lowest BCUT2D eigenvalue weighted by Gasteiger charge is -2.12. The first kappa shape index (κ1) is 15.9. The molecule has 2 unspecified atom stereocenters. The first-order valence-corrected chi connectivity index (χ1v) is 6.57. The molecule has 0 radical (unpaired) electrons. The number of rotatable bonds is 7. The number of nitrogens with one attached hydrogen (secondary N) is 1. The van der Waals surface area contributed by atoms with E-state index in [1.807, 2.05) is 13.8 Å². The number of amides is 1. The van der Waals surface area contributed by atoms with Crippen LogP contribution in [0.2, 0.25) is 0 Å². The monoisotopic (exact) mass is 280 g/mol. The van der Waals surface area contributed by atoms with Gasteiger partial charge in [0.1, 0.15) is 0 Å². The minimum Gasteiger partial charge on any atom is -0.481 e. The van der Waals surface area contributed by atoms with Crippen LogP contribution in [0.5, 0.6) is 5.88 Å². The number of aliphatic carboxylic acids is 1. The van der Waals surface area contributed by atoms with Crippen LogP contribution in [-0.2, 0) is 4.79 Å². The van der Waals surface area contributed by atoms with Gasteiger partial charge < -0.3 is 15.2 Å². The van der Waals surface area contributed by atoms with Crippen LogP contribution in [0.1, 0.15) is 37.6 Å². The summed E-state index contributed by atoms with van der Waals surface area (Å²) in [5, 5.41) is 11.3. The van der Waals surface area contributed by atoms with Crippen molar-refractivity contribution < 1.29 is 19.4 Å². The molecule has 1 amide bonds. The molecule has 0 aliphatic heterocycles. The zero-order valence-electron chi connectivity index (χ0n) is 11.9. The molecule has 0 bridgehead atoms. The summed E-state index contributed by atoms with van der Waals surface area (Å²) in [6, 6.07) is 3.11. The summed E-state index contributed by atoms with van der Waals surface area (Å²) in [5.74, 6) is -1.52. The van der Waals surface area contributed by atoms with Crippen molar-refractivity contribution in [3.63, 3.8) is 0 Å². The fraction of sp³-hybridized carbons (Fsp3) is 0.500. The SMILES string of the molecule is CCC(C)Oc1cc(C(=O)NCC(C)C(=O)O)ccn1. The van der Waals surface area contributed by atoms with Crippen molar-refractivity contribution in [2.45, 2.75) is 33.3 Å². The average molecular weight is 280 g/mol. The number of ether oxygens (including phenoxy) is 1. The van der Waals surface area contributed by atoms with Crippen LogP contribution >= 0.6 is 0 Å². The van der Waals surface area contributed by atoms with E-state index in [0.717, 1.165) is 6.42 Å². The number of hydrogen-bond acceptors (Lipinski definition) is 4. The number of aromatic nitrogens is 1. The number of carboxylic acid groups (broad SMARTS) is 1. The molecule has 1 aromatic heterocycles. The predicted octanol–water partition coefficient (Wildman–Crippen LogP) is 1.71.